The van der Waals surface area contributed by atoms with Crippen molar-refractivity contribution in [2.45, 2.75) is 17.2 Å². The highest BCUT2D eigenvalue weighted by Gasteiger charge is 2.21. The Kier molecular flexibility index (Phi) is 6.60. The van der Waals surface area contributed by atoms with Crippen LogP contribution in [0.2, 0.25) is 0 Å². The van der Waals surface area contributed by atoms with Gasteiger partial charge < -0.3 is 4.18 Å². The normalized spacial score (nSPS) is 12.5. The highest BCUT2D eigenvalue weighted by Crippen LogP contribution is 2.25. The van der Waals surface area contributed by atoms with E-state index in [0.717, 1.165) is 23.4 Å². The zero-order valence-corrected chi connectivity index (χ0v) is 13.6. The van der Waals surface area contributed by atoms with Gasteiger partial charge in [-0.1, -0.05) is 5.10 Å². The van der Waals surface area contributed by atoms with E-state index in [-0.39, 0.29) is 33.9 Å². The van der Waals surface area contributed by atoms with Crippen molar-refractivity contribution in [2.24, 2.45) is 5.90 Å². The maximum Gasteiger partial charge on any atom is 0.307 e. The van der Waals surface area contributed by atoms with Crippen LogP contribution in [0.4, 0.5) is 0 Å². The summed E-state index contributed by atoms with van der Waals surface area (Å²) in [4.78, 5) is 0. The van der Waals surface area contributed by atoms with Crippen LogP contribution in [0.1, 0.15) is 12.8 Å². The molecule has 0 spiro atoms. The fourth-order valence-electron chi connectivity index (χ4n) is 1.13. The fraction of sp³-hybridized carbons (Fsp3) is 0.714. The quantitative estimate of drug-likeness (QED) is 0.361. The van der Waals surface area contributed by atoms with E-state index in [1.165, 1.54) is 0 Å². The van der Waals surface area contributed by atoms with Crippen molar-refractivity contribution in [1.29, 1.82) is 0 Å². The van der Waals surface area contributed by atoms with Crippen LogP contribution in [0, 0.1) is 0 Å². The summed E-state index contributed by atoms with van der Waals surface area (Å²) in [6, 6.07) is 0. The van der Waals surface area contributed by atoms with Crippen molar-refractivity contribution in [3.8, 4) is 5.19 Å². The molecule has 0 atom stereocenters. The Labute approximate surface area is 125 Å². The summed E-state index contributed by atoms with van der Waals surface area (Å²) in [5, 5.41) is 7.24. The van der Waals surface area contributed by atoms with Gasteiger partial charge in [-0.05, 0) is 24.2 Å². The lowest BCUT2D eigenvalue weighted by Crippen LogP contribution is -2.16. The molecule has 0 fully saturated rings. The number of sulfone groups is 1. The molecule has 0 unspecified atom stereocenters. The molecule has 20 heavy (non-hydrogen) atoms. The molecule has 2 N–H and O–H groups in total. The molecule has 13 heteroatoms. The van der Waals surface area contributed by atoms with Crippen LogP contribution in [0.15, 0.2) is 4.34 Å². The summed E-state index contributed by atoms with van der Waals surface area (Å²) in [6.07, 6.45) is 1.92. The molecule has 1 aromatic rings. The van der Waals surface area contributed by atoms with Crippen molar-refractivity contribution < 1.29 is 25.3 Å². The molecule has 1 rings (SSSR count). The lowest BCUT2D eigenvalue weighted by molar-refractivity contribution is 0.332. The van der Waals surface area contributed by atoms with Crippen LogP contribution in [0.25, 0.3) is 0 Å². The number of hydrogen-bond donors (Lipinski definition) is 1. The van der Waals surface area contributed by atoms with Gasteiger partial charge in [0.2, 0.25) is 14.2 Å². The van der Waals surface area contributed by atoms with E-state index in [9.17, 15) is 16.8 Å². The molecular formula is C7H13N3O6S4. The molecule has 0 saturated heterocycles. The van der Waals surface area contributed by atoms with Gasteiger partial charge in [-0.15, -0.1) is 5.10 Å². The third-order valence-corrected chi connectivity index (χ3v) is 6.57. The zero-order valence-electron chi connectivity index (χ0n) is 10.4. The minimum absolute atomic E-state index is 0.117. The van der Waals surface area contributed by atoms with Crippen LogP contribution in [-0.2, 0) is 24.2 Å². The summed E-state index contributed by atoms with van der Waals surface area (Å²) in [7, 11) is -7.36. The Hall–Kier alpha value is -0.470. The van der Waals surface area contributed by atoms with E-state index in [0.29, 0.717) is 0 Å². The van der Waals surface area contributed by atoms with Gasteiger partial charge in [-0.25, -0.2) is 8.42 Å². The molecule has 9 nitrogen and oxygen atoms in total. The van der Waals surface area contributed by atoms with Gasteiger partial charge in [0.05, 0.1) is 23.5 Å². The third kappa shape index (κ3) is 5.49. The molecule has 1 heterocycles. The van der Waals surface area contributed by atoms with E-state index in [2.05, 4.69) is 20.4 Å². The molecule has 116 valence electrons. The van der Waals surface area contributed by atoms with Gasteiger partial charge in [0, 0.05) is 6.26 Å². The largest absolute Gasteiger partial charge is 0.395 e. The van der Waals surface area contributed by atoms with Crippen LogP contribution in [0.3, 0.4) is 0 Å². The first-order valence-electron chi connectivity index (χ1n) is 5.19. The van der Waals surface area contributed by atoms with Gasteiger partial charge in [-0.3, -0.25) is 0 Å². The average molecular weight is 363 g/mol. The first kappa shape index (κ1) is 17.6. The first-order valence-corrected chi connectivity index (χ1v) is 10.4. The molecule has 1 aromatic heterocycles. The van der Waals surface area contributed by atoms with E-state index in [1.54, 1.807) is 6.26 Å². The molecule has 0 radical (unpaired) electrons. The van der Waals surface area contributed by atoms with Gasteiger partial charge in [0.25, 0.3) is 10.1 Å². The maximum absolute atomic E-state index is 11.9. The predicted octanol–water partition coefficient (Wildman–Crippen LogP) is -0.0311. The van der Waals surface area contributed by atoms with E-state index >= 15 is 0 Å². The van der Waals surface area contributed by atoms with Crippen molar-refractivity contribution in [1.82, 2.24) is 10.2 Å². The maximum atomic E-state index is 11.9. The van der Waals surface area contributed by atoms with Crippen molar-refractivity contribution in [2.75, 3.05) is 17.8 Å². The minimum Gasteiger partial charge on any atom is -0.395 e. The minimum atomic E-state index is -3.77. The Bertz CT molecular complexity index is 625. The zero-order chi connectivity index (χ0) is 15.2. The van der Waals surface area contributed by atoms with Crippen molar-refractivity contribution >= 4 is 43.3 Å². The molecule has 0 bridgehead atoms. The van der Waals surface area contributed by atoms with Gasteiger partial charge in [0.1, 0.15) is 0 Å². The topological polar surface area (TPSA) is 139 Å². The van der Waals surface area contributed by atoms with E-state index in [4.69, 9.17) is 4.18 Å². The van der Waals surface area contributed by atoms with Crippen LogP contribution < -0.4 is 10.1 Å². The third-order valence-electron chi connectivity index (χ3n) is 2.01. The van der Waals surface area contributed by atoms with Crippen LogP contribution in [0.5, 0.6) is 5.19 Å². The lowest BCUT2D eigenvalue weighted by atomic mass is 10.4. The second-order valence-electron chi connectivity index (χ2n) is 3.47. The van der Waals surface area contributed by atoms with Gasteiger partial charge >= 0.3 is 5.19 Å². The van der Waals surface area contributed by atoms with Crippen molar-refractivity contribution in [3.63, 3.8) is 0 Å². The van der Waals surface area contributed by atoms with Crippen LogP contribution >= 0.6 is 23.4 Å². The Morgan fingerprint density at radius 2 is 1.85 bits per heavy atom. The van der Waals surface area contributed by atoms with E-state index < -0.39 is 20.0 Å². The summed E-state index contributed by atoms with van der Waals surface area (Å²) >= 11 is 1.84. The average Bonchev–Trinajstić information content (AvgIpc) is 2.85. The Morgan fingerprint density at radius 3 is 2.45 bits per heavy atom. The first-order chi connectivity index (χ1) is 9.30. The number of hydrogen-bond acceptors (Lipinski definition) is 11. The molecular weight excluding hydrogens is 350 g/mol. The predicted molar refractivity (Wildman–Crippen MR) is 74.4 cm³/mol. The SMILES string of the molecule is CSOc1nnc(S(=O)(=O)CCCCS(=O)(=O)ON)s1. The standard InChI is InChI=1S/C7H13N3O6S4/c1-17-15-6-9-10-7(18-6)19(11,12)4-2-3-5-20(13,14)16-8/h2-5,8H2,1H3. The van der Waals surface area contributed by atoms with E-state index in [1.807, 2.05) is 0 Å². The second kappa shape index (κ2) is 7.51. The monoisotopic (exact) mass is 363 g/mol. The summed E-state index contributed by atoms with van der Waals surface area (Å²) in [6.45, 7) is 0. The summed E-state index contributed by atoms with van der Waals surface area (Å²) < 4.78 is 54.2. The highest BCUT2D eigenvalue weighted by atomic mass is 32.2. The molecule has 0 amide bonds. The summed E-state index contributed by atoms with van der Waals surface area (Å²) in [5.41, 5.74) is 0. The molecule has 0 saturated carbocycles. The lowest BCUT2D eigenvalue weighted by Gasteiger charge is -2.01. The fourth-order valence-corrected chi connectivity index (χ4v) is 4.51. The smallest absolute Gasteiger partial charge is 0.307 e. The number of aromatic nitrogens is 2. The van der Waals surface area contributed by atoms with Crippen LogP contribution in [-0.4, -0.2) is 44.8 Å². The number of nitrogens with two attached hydrogens (primary N) is 1. The number of nitrogens with zero attached hydrogens (tertiary/aromatic N) is 2. The Balaban J connectivity index is 2.53. The molecule has 0 aromatic carbocycles. The molecule has 0 aliphatic heterocycles. The van der Waals surface area contributed by atoms with Crippen molar-refractivity contribution in [3.05, 3.63) is 0 Å². The second-order valence-corrected chi connectivity index (χ2v) is 8.91. The highest BCUT2D eigenvalue weighted by molar-refractivity contribution is 7.94. The number of unbranched alkanes of at least 4 members (excludes halogenated alkanes) is 1. The Morgan fingerprint density at radius 1 is 1.20 bits per heavy atom. The molecule has 0 aliphatic carbocycles. The number of rotatable bonds is 9. The molecule has 0 aliphatic rings. The van der Waals surface area contributed by atoms with Gasteiger partial charge in [-0.2, -0.15) is 18.6 Å². The van der Waals surface area contributed by atoms with Gasteiger partial charge in [0.15, 0.2) is 0 Å². The summed E-state index contributed by atoms with van der Waals surface area (Å²) in [5.74, 6) is 3.99.